The normalized spacial score (nSPS) is 19.6. The van der Waals surface area contributed by atoms with E-state index in [0.29, 0.717) is 19.6 Å². The number of carbonyl (C=O) groups is 1. The topological polar surface area (TPSA) is 55.6 Å². The fourth-order valence-corrected chi connectivity index (χ4v) is 2.60. The summed E-state index contributed by atoms with van der Waals surface area (Å²) in [6, 6.07) is 9.95. The average Bonchev–Trinajstić information content (AvgIpc) is 2.98. The third kappa shape index (κ3) is 3.55. The van der Waals surface area contributed by atoms with Crippen molar-refractivity contribution in [2.45, 2.75) is 18.9 Å². The summed E-state index contributed by atoms with van der Waals surface area (Å²) < 4.78 is 5.33. The minimum atomic E-state index is -0.446. The molecular formula is C15H20N2O2S. The van der Waals surface area contributed by atoms with Gasteiger partial charge in [0.2, 0.25) is 5.91 Å². The maximum Gasteiger partial charge on any atom is 0.232 e. The van der Waals surface area contributed by atoms with Crippen molar-refractivity contribution >= 4 is 23.1 Å². The first-order valence-electron chi connectivity index (χ1n) is 6.77. The summed E-state index contributed by atoms with van der Waals surface area (Å²) in [7, 11) is 1.80. The predicted octanol–water partition coefficient (Wildman–Crippen LogP) is 1.38. The molecule has 1 aromatic carbocycles. The summed E-state index contributed by atoms with van der Waals surface area (Å²) in [5.74, 6) is -0.463. The van der Waals surface area contributed by atoms with Crippen LogP contribution in [0.5, 0.6) is 0 Å². The largest absolute Gasteiger partial charge is 0.393 e. The van der Waals surface area contributed by atoms with Crippen LogP contribution in [0.3, 0.4) is 0 Å². The smallest absolute Gasteiger partial charge is 0.232 e. The van der Waals surface area contributed by atoms with Crippen molar-refractivity contribution in [2.24, 2.45) is 11.7 Å². The molecular weight excluding hydrogens is 272 g/mol. The number of nitrogens with zero attached hydrogens (tertiary/aromatic N) is 1. The second kappa shape index (κ2) is 6.81. The maximum atomic E-state index is 12.6. The van der Waals surface area contributed by atoms with Crippen LogP contribution in [0.1, 0.15) is 12.0 Å². The highest BCUT2D eigenvalue weighted by molar-refractivity contribution is 7.80. The number of thiocarbonyl (C=S) groups is 1. The molecule has 1 aromatic rings. The molecule has 4 nitrogen and oxygen atoms in total. The van der Waals surface area contributed by atoms with Gasteiger partial charge in [0, 0.05) is 13.7 Å². The minimum absolute atomic E-state index is 0.0168. The van der Waals surface area contributed by atoms with Gasteiger partial charge in [-0.2, -0.15) is 0 Å². The molecule has 0 aliphatic carbocycles. The fourth-order valence-electron chi connectivity index (χ4n) is 2.41. The Bertz CT molecular complexity index is 472. The molecule has 108 valence electrons. The highest BCUT2D eigenvalue weighted by atomic mass is 32.1. The SMILES string of the molecule is CN(C(=O)C(Cc1ccccc1)C(N)=S)C1CCOC1. The van der Waals surface area contributed by atoms with Gasteiger partial charge < -0.3 is 15.4 Å². The molecule has 0 radical (unpaired) electrons. The first-order chi connectivity index (χ1) is 9.59. The van der Waals surface area contributed by atoms with Crippen LogP contribution >= 0.6 is 12.2 Å². The Balaban J connectivity index is 2.07. The van der Waals surface area contributed by atoms with E-state index in [0.717, 1.165) is 12.0 Å². The number of carbonyl (C=O) groups excluding carboxylic acids is 1. The third-order valence-corrected chi connectivity index (χ3v) is 4.01. The highest BCUT2D eigenvalue weighted by Gasteiger charge is 2.30. The second-order valence-electron chi connectivity index (χ2n) is 5.11. The van der Waals surface area contributed by atoms with Gasteiger partial charge in [-0.15, -0.1) is 0 Å². The molecule has 0 spiro atoms. The standard InChI is InChI=1S/C15H20N2O2S/c1-17(12-7-8-19-10-12)15(18)13(14(16)20)9-11-5-3-2-4-6-11/h2-6,12-13H,7-10H2,1H3,(H2,16,20). The van der Waals surface area contributed by atoms with E-state index in [9.17, 15) is 4.79 Å². The Kier molecular flexibility index (Phi) is 5.09. The van der Waals surface area contributed by atoms with Crippen LogP contribution in [0.25, 0.3) is 0 Å². The predicted molar refractivity (Wildman–Crippen MR) is 82.4 cm³/mol. The van der Waals surface area contributed by atoms with Gasteiger partial charge >= 0.3 is 0 Å². The quantitative estimate of drug-likeness (QED) is 0.833. The Morgan fingerprint density at radius 3 is 2.75 bits per heavy atom. The molecule has 0 aromatic heterocycles. The number of amides is 1. The Morgan fingerprint density at radius 1 is 1.50 bits per heavy atom. The molecule has 1 amide bonds. The molecule has 1 fully saturated rings. The molecule has 2 N–H and O–H groups in total. The van der Waals surface area contributed by atoms with E-state index >= 15 is 0 Å². The molecule has 5 heteroatoms. The van der Waals surface area contributed by atoms with Gasteiger partial charge in [-0.1, -0.05) is 42.5 Å². The first-order valence-corrected chi connectivity index (χ1v) is 7.18. The van der Waals surface area contributed by atoms with E-state index in [1.165, 1.54) is 0 Å². The lowest BCUT2D eigenvalue weighted by Crippen LogP contribution is -2.45. The molecule has 0 saturated carbocycles. The van der Waals surface area contributed by atoms with Crippen LogP contribution in [0.4, 0.5) is 0 Å². The van der Waals surface area contributed by atoms with Gasteiger partial charge in [0.15, 0.2) is 0 Å². The molecule has 0 bridgehead atoms. The molecule has 1 aliphatic rings. The number of benzene rings is 1. The molecule has 1 aliphatic heterocycles. The van der Waals surface area contributed by atoms with Gasteiger partial charge in [0.05, 0.1) is 23.6 Å². The molecule has 20 heavy (non-hydrogen) atoms. The number of hydrogen-bond donors (Lipinski definition) is 1. The minimum Gasteiger partial charge on any atom is -0.393 e. The van der Waals surface area contributed by atoms with Crippen molar-refractivity contribution in [3.8, 4) is 0 Å². The molecule has 2 unspecified atom stereocenters. The van der Waals surface area contributed by atoms with Crippen LogP contribution in [0.2, 0.25) is 0 Å². The third-order valence-electron chi connectivity index (χ3n) is 3.73. The molecule has 2 rings (SSSR count). The van der Waals surface area contributed by atoms with Gasteiger partial charge in [-0.3, -0.25) is 4.79 Å². The number of rotatable bonds is 5. The van der Waals surface area contributed by atoms with E-state index in [4.69, 9.17) is 22.7 Å². The van der Waals surface area contributed by atoms with Gasteiger partial charge in [-0.05, 0) is 18.4 Å². The molecule has 2 atom stereocenters. The van der Waals surface area contributed by atoms with Crippen LogP contribution in [0, 0.1) is 5.92 Å². The average molecular weight is 292 g/mol. The van der Waals surface area contributed by atoms with E-state index < -0.39 is 5.92 Å². The van der Waals surface area contributed by atoms with Crippen LogP contribution in [-0.2, 0) is 16.0 Å². The van der Waals surface area contributed by atoms with Gasteiger partial charge in [0.1, 0.15) is 0 Å². The molecule has 1 saturated heterocycles. The number of nitrogens with two attached hydrogens (primary N) is 1. The Hall–Kier alpha value is -1.46. The van der Waals surface area contributed by atoms with Crippen molar-refractivity contribution in [3.63, 3.8) is 0 Å². The molecule has 1 heterocycles. The highest BCUT2D eigenvalue weighted by Crippen LogP contribution is 2.17. The van der Waals surface area contributed by atoms with Crippen LogP contribution in [0.15, 0.2) is 30.3 Å². The van der Waals surface area contributed by atoms with Gasteiger partial charge in [0.25, 0.3) is 0 Å². The zero-order valence-electron chi connectivity index (χ0n) is 11.6. The van der Waals surface area contributed by atoms with E-state index in [2.05, 4.69) is 0 Å². The Labute approximate surface area is 124 Å². The van der Waals surface area contributed by atoms with E-state index in [1.807, 2.05) is 30.3 Å². The summed E-state index contributed by atoms with van der Waals surface area (Å²) in [4.78, 5) is 14.6. The zero-order valence-corrected chi connectivity index (χ0v) is 12.4. The lowest BCUT2D eigenvalue weighted by atomic mass is 9.97. The second-order valence-corrected chi connectivity index (χ2v) is 5.58. The summed E-state index contributed by atoms with van der Waals surface area (Å²) in [6.45, 7) is 1.30. The first kappa shape index (κ1) is 14.9. The number of ether oxygens (including phenoxy) is 1. The summed E-state index contributed by atoms with van der Waals surface area (Å²) in [6.07, 6.45) is 1.42. The number of hydrogen-bond acceptors (Lipinski definition) is 3. The maximum absolute atomic E-state index is 12.6. The Morgan fingerprint density at radius 2 is 2.20 bits per heavy atom. The fraction of sp³-hybridized carbons (Fsp3) is 0.467. The van der Waals surface area contributed by atoms with Crippen LogP contribution < -0.4 is 5.73 Å². The monoisotopic (exact) mass is 292 g/mol. The van der Waals surface area contributed by atoms with Gasteiger partial charge in [-0.25, -0.2) is 0 Å². The summed E-state index contributed by atoms with van der Waals surface area (Å²) >= 11 is 5.09. The van der Waals surface area contributed by atoms with Crippen molar-refractivity contribution in [1.82, 2.24) is 4.90 Å². The zero-order chi connectivity index (χ0) is 14.5. The lowest BCUT2D eigenvalue weighted by Gasteiger charge is -2.27. The van der Waals surface area contributed by atoms with E-state index in [1.54, 1.807) is 11.9 Å². The summed E-state index contributed by atoms with van der Waals surface area (Å²) in [5, 5.41) is 0. The van der Waals surface area contributed by atoms with E-state index in [-0.39, 0.29) is 16.9 Å². The lowest BCUT2D eigenvalue weighted by molar-refractivity contribution is -0.134. The van der Waals surface area contributed by atoms with Crippen molar-refractivity contribution in [3.05, 3.63) is 35.9 Å². The van der Waals surface area contributed by atoms with Crippen molar-refractivity contribution in [2.75, 3.05) is 20.3 Å². The van der Waals surface area contributed by atoms with Crippen LogP contribution in [-0.4, -0.2) is 42.1 Å². The van der Waals surface area contributed by atoms with Crippen molar-refractivity contribution < 1.29 is 9.53 Å². The summed E-state index contributed by atoms with van der Waals surface area (Å²) in [5.41, 5.74) is 6.84. The van der Waals surface area contributed by atoms with Crippen molar-refractivity contribution in [1.29, 1.82) is 0 Å². The number of likely N-dealkylation sites (N-methyl/N-ethyl adjacent to an activating group) is 1.